The second-order valence-corrected chi connectivity index (χ2v) is 6.68. The maximum atomic E-state index is 11.6. The van der Waals surface area contributed by atoms with Crippen molar-refractivity contribution in [2.24, 2.45) is 0 Å². The van der Waals surface area contributed by atoms with E-state index in [0.717, 1.165) is 25.2 Å². The summed E-state index contributed by atoms with van der Waals surface area (Å²) < 4.78 is 0. The number of hydrogen-bond donors (Lipinski definition) is 2. The molecule has 0 spiro atoms. The van der Waals surface area contributed by atoms with E-state index in [0.29, 0.717) is 23.2 Å². The first kappa shape index (κ1) is 16.8. The van der Waals surface area contributed by atoms with E-state index >= 15 is 0 Å². The molecule has 0 unspecified atom stereocenters. The summed E-state index contributed by atoms with van der Waals surface area (Å²) in [6.07, 6.45) is 1.04. The molecule has 0 aliphatic carbocycles. The number of para-hydroxylation sites is 1. The van der Waals surface area contributed by atoms with E-state index in [2.05, 4.69) is 22.3 Å². The van der Waals surface area contributed by atoms with Crippen LogP contribution >= 0.6 is 11.6 Å². The molecule has 1 aliphatic heterocycles. The third-order valence-corrected chi connectivity index (χ3v) is 4.56. The molecule has 3 rings (SSSR count). The Balaban J connectivity index is 1.66. The molecule has 24 heavy (non-hydrogen) atoms. The number of halogens is 1. The minimum atomic E-state index is -0.179. The second kappa shape index (κ2) is 7.24. The number of anilines is 1. The van der Waals surface area contributed by atoms with Crippen molar-refractivity contribution in [2.75, 3.05) is 18.4 Å². The van der Waals surface area contributed by atoms with Crippen molar-refractivity contribution in [3.8, 4) is 5.75 Å². The van der Waals surface area contributed by atoms with Crippen LogP contribution in [-0.4, -0.2) is 34.9 Å². The van der Waals surface area contributed by atoms with Crippen LogP contribution in [-0.2, 0) is 6.54 Å². The number of phenolic OH excluding ortho intramolecular Hbond substituents is 1. The van der Waals surface area contributed by atoms with Crippen LogP contribution in [0.15, 0.2) is 42.5 Å². The van der Waals surface area contributed by atoms with E-state index in [1.807, 2.05) is 18.2 Å². The number of carbonyl (C=O) groups excluding carboxylic acids is 1. The standard InChI is InChI=1S/C19H21ClN2O2/c1-13(23)18-10-15(20)9-14(19(18)24)11-22-8-7-17(12-22)21-16-5-3-2-4-6-16/h2-6,9-10,17,21,24H,7-8,11-12H2,1H3/t17-/m0/s1. The van der Waals surface area contributed by atoms with Gasteiger partial charge in [0.1, 0.15) is 5.75 Å². The summed E-state index contributed by atoms with van der Waals surface area (Å²) in [4.78, 5) is 13.9. The molecule has 0 amide bonds. The smallest absolute Gasteiger partial charge is 0.163 e. The summed E-state index contributed by atoms with van der Waals surface area (Å²) in [5.74, 6) is -0.132. The molecule has 1 fully saturated rings. The number of rotatable bonds is 5. The summed E-state index contributed by atoms with van der Waals surface area (Å²) in [5, 5.41) is 14.3. The van der Waals surface area contributed by atoms with Crippen LogP contribution in [0.5, 0.6) is 5.75 Å². The molecule has 1 heterocycles. The Bertz CT molecular complexity index is 734. The first-order chi connectivity index (χ1) is 11.5. The number of phenols is 1. The highest BCUT2D eigenvalue weighted by Crippen LogP contribution is 2.29. The second-order valence-electron chi connectivity index (χ2n) is 6.25. The molecule has 0 bridgehead atoms. The minimum Gasteiger partial charge on any atom is -0.507 e. The van der Waals surface area contributed by atoms with E-state index in [-0.39, 0.29) is 17.1 Å². The maximum absolute atomic E-state index is 11.6. The van der Waals surface area contributed by atoms with Gasteiger partial charge < -0.3 is 10.4 Å². The maximum Gasteiger partial charge on any atom is 0.163 e. The fraction of sp³-hybridized carbons (Fsp3) is 0.316. The quantitative estimate of drug-likeness (QED) is 0.807. The van der Waals surface area contributed by atoms with E-state index in [1.54, 1.807) is 6.07 Å². The van der Waals surface area contributed by atoms with Crippen LogP contribution < -0.4 is 5.32 Å². The number of aromatic hydroxyl groups is 1. The molecule has 0 saturated carbocycles. The highest BCUT2D eigenvalue weighted by atomic mass is 35.5. The molecular formula is C19H21ClN2O2. The number of benzene rings is 2. The van der Waals surface area contributed by atoms with Gasteiger partial charge in [-0.3, -0.25) is 9.69 Å². The van der Waals surface area contributed by atoms with Crippen molar-refractivity contribution in [3.05, 3.63) is 58.6 Å². The van der Waals surface area contributed by atoms with Crippen molar-refractivity contribution in [1.82, 2.24) is 4.90 Å². The Morgan fingerprint density at radius 1 is 1.33 bits per heavy atom. The molecule has 5 heteroatoms. The molecule has 126 valence electrons. The Kier molecular flexibility index (Phi) is 5.07. The van der Waals surface area contributed by atoms with Crippen molar-refractivity contribution in [1.29, 1.82) is 0 Å². The van der Waals surface area contributed by atoms with E-state index in [4.69, 9.17) is 11.6 Å². The van der Waals surface area contributed by atoms with Gasteiger partial charge in [0.25, 0.3) is 0 Å². The zero-order valence-electron chi connectivity index (χ0n) is 13.6. The van der Waals surface area contributed by atoms with Gasteiger partial charge in [-0.15, -0.1) is 0 Å². The number of hydrogen-bond acceptors (Lipinski definition) is 4. The molecule has 2 aromatic rings. The number of nitrogens with zero attached hydrogens (tertiary/aromatic N) is 1. The lowest BCUT2D eigenvalue weighted by molar-refractivity contribution is 0.101. The van der Waals surface area contributed by atoms with Crippen molar-refractivity contribution < 1.29 is 9.90 Å². The Labute approximate surface area is 147 Å². The zero-order valence-corrected chi connectivity index (χ0v) is 14.4. The van der Waals surface area contributed by atoms with Crippen LogP contribution in [0, 0.1) is 0 Å². The van der Waals surface area contributed by atoms with Crippen molar-refractivity contribution in [3.63, 3.8) is 0 Å². The van der Waals surface area contributed by atoms with Crippen LogP contribution in [0.3, 0.4) is 0 Å². The SMILES string of the molecule is CC(=O)c1cc(Cl)cc(CN2CC[C@H](Nc3ccccc3)C2)c1O. The monoisotopic (exact) mass is 344 g/mol. The minimum absolute atomic E-state index is 0.0476. The van der Waals surface area contributed by atoms with Crippen molar-refractivity contribution >= 4 is 23.1 Å². The van der Waals surface area contributed by atoms with Gasteiger partial charge in [0.2, 0.25) is 0 Å². The topological polar surface area (TPSA) is 52.6 Å². The van der Waals surface area contributed by atoms with Gasteiger partial charge in [0.05, 0.1) is 5.56 Å². The largest absolute Gasteiger partial charge is 0.507 e. The molecule has 1 saturated heterocycles. The molecule has 2 N–H and O–H groups in total. The number of Topliss-reactive ketones (excluding diaryl/α,β-unsaturated/α-hetero) is 1. The highest BCUT2D eigenvalue weighted by Gasteiger charge is 2.24. The third-order valence-electron chi connectivity index (χ3n) is 4.34. The van der Waals surface area contributed by atoms with Crippen LogP contribution in [0.2, 0.25) is 5.02 Å². The fourth-order valence-electron chi connectivity index (χ4n) is 3.15. The number of nitrogens with one attached hydrogen (secondary N) is 1. The van der Waals surface area contributed by atoms with Gasteiger partial charge in [-0.05, 0) is 37.6 Å². The summed E-state index contributed by atoms with van der Waals surface area (Å²) in [5.41, 5.74) is 2.11. The summed E-state index contributed by atoms with van der Waals surface area (Å²) in [6.45, 7) is 3.84. The third kappa shape index (κ3) is 3.89. The molecule has 0 aromatic heterocycles. The van der Waals surface area contributed by atoms with Gasteiger partial charge in [-0.25, -0.2) is 0 Å². The van der Waals surface area contributed by atoms with E-state index in [9.17, 15) is 9.90 Å². The Morgan fingerprint density at radius 2 is 2.08 bits per heavy atom. The van der Waals surface area contributed by atoms with Crippen LogP contribution in [0.4, 0.5) is 5.69 Å². The summed E-state index contributed by atoms with van der Waals surface area (Å²) >= 11 is 6.09. The predicted molar refractivity (Wildman–Crippen MR) is 96.9 cm³/mol. The molecule has 2 aromatic carbocycles. The number of ketones is 1. The first-order valence-electron chi connectivity index (χ1n) is 8.09. The molecule has 1 aliphatic rings. The lowest BCUT2D eigenvalue weighted by Crippen LogP contribution is -2.26. The average Bonchev–Trinajstić information content (AvgIpc) is 2.98. The van der Waals surface area contributed by atoms with E-state index in [1.165, 1.54) is 13.0 Å². The van der Waals surface area contributed by atoms with Gasteiger partial charge in [-0.1, -0.05) is 29.8 Å². The lowest BCUT2D eigenvalue weighted by atomic mass is 10.1. The summed E-state index contributed by atoms with van der Waals surface area (Å²) in [7, 11) is 0. The van der Waals surface area contributed by atoms with Gasteiger partial charge >= 0.3 is 0 Å². The van der Waals surface area contributed by atoms with Gasteiger partial charge in [0, 0.05) is 41.9 Å². The highest BCUT2D eigenvalue weighted by molar-refractivity contribution is 6.31. The molecule has 4 nitrogen and oxygen atoms in total. The Morgan fingerprint density at radius 3 is 2.79 bits per heavy atom. The van der Waals surface area contributed by atoms with E-state index < -0.39 is 0 Å². The number of carbonyl (C=O) groups is 1. The van der Waals surface area contributed by atoms with Crippen molar-refractivity contribution in [2.45, 2.75) is 25.9 Å². The molecule has 0 radical (unpaired) electrons. The zero-order chi connectivity index (χ0) is 17.1. The van der Waals surface area contributed by atoms with Crippen LogP contribution in [0.25, 0.3) is 0 Å². The Hall–Kier alpha value is -2.04. The lowest BCUT2D eigenvalue weighted by Gasteiger charge is -2.19. The van der Waals surface area contributed by atoms with Gasteiger partial charge in [0.15, 0.2) is 5.78 Å². The molecular weight excluding hydrogens is 324 g/mol. The first-order valence-corrected chi connectivity index (χ1v) is 8.47. The predicted octanol–water partition coefficient (Wildman–Crippen LogP) is 3.93. The average molecular weight is 345 g/mol. The fourth-order valence-corrected chi connectivity index (χ4v) is 3.39. The number of likely N-dealkylation sites (tertiary alicyclic amines) is 1. The summed E-state index contributed by atoms with van der Waals surface area (Å²) in [6, 6.07) is 13.8. The normalized spacial score (nSPS) is 17.8. The van der Waals surface area contributed by atoms with Gasteiger partial charge in [-0.2, -0.15) is 0 Å². The molecule has 1 atom stereocenters. The van der Waals surface area contributed by atoms with Crippen LogP contribution in [0.1, 0.15) is 29.3 Å².